The smallest absolute Gasteiger partial charge is 0.323 e. The number of likely N-dealkylation sites (N-methyl/N-ethyl adjacent to an activating group) is 1. The Morgan fingerprint density at radius 1 is 0.870 bits per heavy atom. The molecule has 0 heterocycles. The number of aliphatic carboxylic acids is 1. The van der Waals surface area contributed by atoms with Crippen molar-refractivity contribution in [1.29, 1.82) is 0 Å². The van der Waals surface area contributed by atoms with E-state index >= 15 is 0 Å². The zero-order valence-electron chi connectivity index (χ0n) is 11.2. The molecule has 0 aliphatic heterocycles. The van der Waals surface area contributed by atoms with Crippen LogP contribution in [-0.2, 0) is 24.5 Å². The van der Waals surface area contributed by atoms with Crippen LogP contribution in [0.25, 0.3) is 0 Å². The molecule has 0 saturated heterocycles. The molecule has 0 unspecified atom stereocenters. The average Bonchev–Trinajstić information content (AvgIpc) is 2.14. The van der Waals surface area contributed by atoms with Gasteiger partial charge in [-0.1, -0.05) is 29.7 Å². The number of hydrogen-bond acceptors (Lipinski definition) is 5. The van der Waals surface area contributed by atoms with Crippen LogP contribution in [0.4, 0.5) is 0 Å². The van der Waals surface area contributed by atoms with E-state index in [1.807, 2.05) is 0 Å². The van der Waals surface area contributed by atoms with Crippen LogP contribution in [0.3, 0.4) is 0 Å². The second kappa shape index (κ2) is 16.7. The summed E-state index contributed by atoms with van der Waals surface area (Å²) in [5.74, 6) is -2.29. The third-order valence-electron chi connectivity index (χ3n) is 1.80. The van der Waals surface area contributed by atoms with Crippen molar-refractivity contribution in [3.8, 4) is 0 Å². The molecule has 0 aromatic carbocycles. The second-order valence-electron chi connectivity index (χ2n) is 3.70. The zero-order chi connectivity index (χ0) is 15.8. The van der Waals surface area contributed by atoms with Gasteiger partial charge in [-0.05, 0) is 0 Å². The first-order chi connectivity index (χ1) is 8.36. The molecular formula is C13H34N2O7S. The Balaban J connectivity index is -0.0000000537. The molecular weight excluding hydrogens is 328 g/mol. The van der Waals surface area contributed by atoms with Gasteiger partial charge in [0, 0.05) is 27.9 Å². The van der Waals surface area contributed by atoms with Crippen molar-refractivity contribution in [2.75, 3.05) is 26.5 Å². The Hall–Kier alpha value is -1.68. The quantitative estimate of drug-likeness (QED) is 0.722. The highest BCUT2D eigenvalue weighted by Crippen LogP contribution is 1.88. The topological polar surface area (TPSA) is 132 Å². The summed E-state index contributed by atoms with van der Waals surface area (Å²) in [4.78, 5) is 32.7. The first kappa shape index (κ1) is 37.5. The van der Waals surface area contributed by atoms with Crippen LogP contribution in [0.15, 0.2) is 0 Å². The minimum Gasteiger partial charge on any atom is -0.480 e. The van der Waals surface area contributed by atoms with Gasteiger partial charge in [-0.25, -0.2) is 0 Å². The molecule has 0 atom stereocenters. The number of hydrogen-bond donors (Lipinski definition) is 2. The Morgan fingerprint density at radius 3 is 1.26 bits per heavy atom. The van der Waals surface area contributed by atoms with E-state index in [2.05, 4.69) is 0 Å². The van der Waals surface area contributed by atoms with Crippen molar-refractivity contribution >= 4 is 27.9 Å². The number of amides is 2. The van der Waals surface area contributed by atoms with Crippen LogP contribution in [0.1, 0.15) is 43.6 Å². The molecule has 0 aliphatic rings. The lowest BCUT2D eigenvalue weighted by Gasteiger charge is -2.10. The molecule has 0 saturated carbocycles. The number of carboxylic acids is 1. The summed E-state index contributed by atoms with van der Waals surface area (Å²) in [5.41, 5.74) is 0. The van der Waals surface area contributed by atoms with Crippen LogP contribution in [0.2, 0.25) is 0 Å². The summed E-state index contributed by atoms with van der Waals surface area (Å²) >= 11 is 0. The summed E-state index contributed by atoms with van der Waals surface area (Å²) in [6, 6.07) is 0. The number of carboxylic acid groups (broad SMARTS) is 1. The summed E-state index contributed by atoms with van der Waals surface area (Å²) in [6.07, 6.45) is 0. The maximum absolute atomic E-state index is 10.4. The van der Waals surface area contributed by atoms with Crippen molar-refractivity contribution in [3.63, 3.8) is 0 Å². The Labute approximate surface area is 141 Å². The van der Waals surface area contributed by atoms with Gasteiger partial charge in [-0.15, -0.1) is 0 Å². The van der Waals surface area contributed by atoms with E-state index in [4.69, 9.17) is 9.66 Å². The summed E-state index contributed by atoms with van der Waals surface area (Å²) in [7, 11) is -1.33. The van der Waals surface area contributed by atoms with Crippen molar-refractivity contribution in [2.24, 2.45) is 0 Å². The third kappa shape index (κ3) is 29.1. The van der Waals surface area contributed by atoms with E-state index in [1.165, 1.54) is 27.9 Å². The predicted molar refractivity (Wildman–Crippen MR) is 92.7 cm³/mol. The van der Waals surface area contributed by atoms with E-state index < -0.39 is 27.9 Å². The highest BCUT2D eigenvalue weighted by atomic mass is 32.2. The van der Waals surface area contributed by atoms with Crippen molar-refractivity contribution in [2.45, 2.75) is 43.6 Å². The minimum atomic E-state index is -4.06. The SMILES string of the molecule is C.C.C.C.CC(=O)N(C)CC(=O)O.CC(=O)N(C)CS(=O)(=O)O. The first-order valence-corrected chi connectivity index (χ1v) is 6.58. The van der Waals surface area contributed by atoms with Gasteiger partial charge in [-0.2, -0.15) is 8.42 Å². The van der Waals surface area contributed by atoms with E-state index in [0.29, 0.717) is 0 Å². The maximum atomic E-state index is 10.4. The number of carbonyl (C=O) groups excluding carboxylic acids is 2. The molecule has 2 N–H and O–H groups in total. The first-order valence-electron chi connectivity index (χ1n) is 4.97. The standard InChI is InChI=1S/C5H9NO3.C4H9NO4S.4CH4/c1-4(7)6(2)3-5(8)9;1-4(6)5(2)3-10(7,8)9;;;;/h3H2,1-2H3,(H,8,9);3H2,1-2H3,(H,7,8,9);4*1H4. The van der Waals surface area contributed by atoms with E-state index in [1.54, 1.807) is 0 Å². The molecule has 0 aromatic heterocycles. The molecule has 0 aliphatic carbocycles. The van der Waals surface area contributed by atoms with Crippen molar-refractivity contribution < 1.29 is 32.5 Å². The van der Waals surface area contributed by atoms with Crippen molar-refractivity contribution in [3.05, 3.63) is 0 Å². The maximum Gasteiger partial charge on any atom is 0.323 e. The van der Waals surface area contributed by atoms with Crippen LogP contribution in [-0.4, -0.2) is 72.2 Å². The lowest BCUT2D eigenvalue weighted by molar-refractivity contribution is -0.142. The fourth-order valence-corrected chi connectivity index (χ4v) is 1.32. The van der Waals surface area contributed by atoms with Crippen LogP contribution in [0, 0.1) is 0 Å². The van der Waals surface area contributed by atoms with Crippen LogP contribution >= 0.6 is 0 Å². The van der Waals surface area contributed by atoms with Crippen LogP contribution in [0.5, 0.6) is 0 Å². The Kier molecular flexibility index (Phi) is 27.2. The van der Waals surface area contributed by atoms with Gasteiger partial charge in [-0.3, -0.25) is 18.9 Å². The molecule has 0 fully saturated rings. The summed E-state index contributed by atoms with van der Waals surface area (Å²) in [5, 5.41) is 8.14. The second-order valence-corrected chi connectivity index (χ2v) is 5.12. The molecule has 0 radical (unpaired) electrons. The molecule has 0 spiro atoms. The molecule has 0 bridgehead atoms. The number of carbonyl (C=O) groups is 3. The third-order valence-corrected chi connectivity index (χ3v) is 2.52. The highest BCUT2D eigenvalue weighted by molar-refractivity contribution is 7.85. The van der Waals surface area contributed by atoms with E-state index in [-0.39, 0.29) is 42.2 Å². The molecule has 10 heteroatoms. The molecule has 9 nitrogen and oxygen atoms in total. The van der Waals surface area contributed by atoms with Gasteiger partial charge in [0.1, 0.15) is 12.4 Å². The van der Waals surface area contributed by atoms with Gasteiger partial charge in [0.15, 0.2) is 0 Å². The van der Waals surface area contributed by atoms with E-state index in [9.17, 15) is 22.8 Å². The molecule has 2 amide bonds. The fourth-order valence-electron chi connectivity index (χ4n) is 0.650. The summed E-state index contributed by atoms with van der Waals surface area (Å²) < 4.78 is 28.4. The number of rotatable bonds is 4. The lowest BCUT2D eigenvalue weighted by atomic mass is 10.5. The minimum absolute atomic E-state index is 0. The Morgan fingerprint density at radius 2 is 1.17 bits per heavy atom. The Bertz CT molecular complexity index is 436. The molecule has 0 aromatic rings. The monoisotopic (exact) mass is 362 g/mol. The average molecular weight is 362 g/mol. The van der Waals surface area contributed by atoms with Gasteiger partial charge >= 0.3 is 5.97 Å². The van der Waals surface area contributed by atoms with Crippen molar-refractivity contribution in [1.82, 2.24) is 9.80 Å². The zero-order valence-corrected chi connectivity index (χ0v) is 12.0. The van der Waals surface area contributed by atoms with Gasteiger partial charge in [0.25, 0.3) is 10.1 Å². The predicted octanol–water partition coefficient (Wildman–Crippen LogP) is 1.40. The lowest BCUT2D eigenvalue weighted by Crippen LogP contribution is -2.29. The van der Waals surface area contributed by atoms with Crippen LogP contribution < -0.4 is 0 Å². The largest absolute Gasteiger partial charge is 0.480 e. The normalized spacial score (nSPS) is 8.22. The summed E-state index contributed by atoms with van der Waals surface area (Å²) in [6.45, 7) is 2.31. The van der Waals surface area contributed by atoms with E-state index in [0.717, 1.165) is 9.80 Å². The van der Waals surface area contributed by atoms with Gasteiger partial charge < -0.3 is 14.9 Å². The number of nitrogens with zero attached hydrogens (tertiary/aromatic N) is 2. The van der Waals surface area contributed by atoms with Gasteiger partial charge in [0.2, 0.25) is 11.8 Å². The molecule has 23 heavy (non-hydrogen) atoms. The van der Waals surface area contributed by atoms with Gasteiger partial charge in [0.05, 0.1) is 0 Å². The highest BCUT2D eigenvalue weighted by Gasteiger charge is 2.10. The molecule has 0 rings (SSSR count). The molecule has 144 valence electrons. The fraction of sp³-hybridized carbons (Fsp3) is 0.769.